The molecule has 1 aliphatic heterocycles. The second-order valence-corrected chi connectivity index (χ2v) is 10.3. The Labute approximate surface area is 205 Å². The molecule has 1 heterocycles. The first-order chi connectivity index (χ1) is 16.5. The fourth-order valence-electron chi connectivity index (χ4n) is 6.05. The fraction of sp³-hybridized carbons (Fsp3) is 0.387. The minimum atomic E-state index is -0.895. The highest BCUT2D eigenvalue weighted by Gasteiger charge is 2.49. The van der Waals surface area contributed by atoms with E-state index in [1.807, 2.05) is 60.7 Å². The molecule has 1 N–H and O–H groups in total. The lowest BCUT2D eigenvalue weighted by Crippen LogP contribution is -2.52. The van der Waals surface area contributed by atoms with Crippen molar-refractivity contribution in [2.24, 2.45) is 5.92 Å². The number of nitrogens with zero attached hydrogens (tertiary/aromatic N) is 1. The van der Waals surface area contributed by atoms with Crippen molar-refractivity contribution in [1.29, 1.82) is 5.41 Å². The lowest BCUT2D eigenvalue weighted by atomic mass is 9.65. The summed E-state index contributed by atoms with van der Waals surface area (Å²) in [4.78, 5) is 0. The molecule has 1 fully saturated rings. The Bertz CT molecular complexity index is 995. The van der Waals surface area contributed by atoms with Crippen molar-refractivity contribution in [3.63, 3.8) is 0 Å². The average Bonchev–Trinajstić information content (AvgIpc) is 3.25. The summed E-state index contributed by atoms with van der Waals surface area (Å²) in [5, 5.41) is 21.7. The van der Waals surface area contributed by atoms with E-state index in [1.54, 1.807) is 0 Å². The third-order valence-electron chi connectivity index (χ3n) is 7.86. The van der Waals surface area contributed by atoms with Gasteiger partial charge in [0.25, 0.3) is 0 Å². The summed E-state index contributed by atoms with van der Waals surface area (Å²) in [6.07, 6.45) is 7.12. The molecule has 0 aromatic heterocycles. The van der Waals surface area contributed by atoms with Crippen LogP contribution in [0.4, 0.5) is 0 Å². The van der Waals surface area contributed by atoms with E-state index in [-0.39, 0.29) is 5.92 Å². The topological polar surface area (TPSA) is 46.9 Å². The fourth-order valence-corrected chi connectivity index (χ4v) is 6.05. The van der Waals surface area contributed by atoms with Gasteiger partial charge in [0, 0.05) is 12.3 Å². The van der Waals surface area contributed by atoms with E-state index < -0.39 is 11.3 Å². The van der Waals surface area contributed by atoms with Crippen LogP contribution >= 0.6 is 0 Å². The molecule has 0 aliphatic carbocycles. The Morgan fingerprint density at radius 1 is 0.824 bits per heavy atom. The van der Waals surface area contributed by atoms with Crippen LogP contribution in [0, 0.1) is 11.3 Å². The number of benzene rings is 3. The molecule has 0 amide bonds. The van der Waals surface area contributed by atoms with E-state index in [1.165, 1.54) is 31.2 Å². The van der Waals surface area contributed by atoms with Crippen molar-refractivity contribution in [1.82, 2.24) is 0 Å². The molecule has 2 atom stereocenters. The number of quaternary nitrogens is 1. The lowest BCUT2D eigenvalue weighted by Gasteiger charge is -2.43. The molecule has 0 bridgehead atoms. The van der Waals surface area contributed by atoms with Gasteiger partial charge in [0.1, 0.15) is 0 Å². The third-order valence-corrected chi connectivity index (χ3v) is 7.86. The largest absolute Gasteiger partial charge is 0.861 e. The van der Waals surface area contributed by atoms with Crippen LogP contribution in [0.3, 0.4) is 0 Å². The molecule has 1 saturated heterocycles. The molecule has 4 rings (SSSR count). The van der Waals surface area contributed by atoms with Crippen LogP contribution in [0.5, 0.6) is 0 Å². The normalized spacial score (nSPS) is 20.3. The van der Waals surface area contributed by atoms with Crippen molar-refractivity contribution >= 4 is 5.90 Å². The predicted molar refractivity (Wildman–Crippen MR) is 139 cm³/mol. The van der Waals surface area contributed by atoms with Crippen molar-refractivity contribution in [2.45, 2.75) is 43.9 Å². The van der Waals surface area contributed by atoms with Crippen molar-refractivity contribution in [3.8, 4) is 0 Å². The van der Waals surface area contributed by atoms with Gasteiger partial charge in [-0.05, 0) is 48.3 Å². The van der Waals surface area contributed by atoms with Gasteiger partial charge in [-0.25, -0.2) is 0 Å². The number of hydrogen-bond donors (Lipinski definition) is 1. The summed E-state index contributed by atoms with van der Waals surface area (Å²) in [5.74, 6) is -0.352. The highest BCUT2D eigenvalue weighted by Crippen LogP contribution is 2.45. The third kappa shape index (κ3) is 5.26. The number of unbranched alkanes of at least 4 members (excludes halogenated alkanes) is 3. The highest BCUT2D eigenvalue weighted by atomic mass is 16.3. The van der Waals surface area contributed by atoms with E-state index in [2.05, 4.69) is 37.4 Å². The zero-order valence-electron chi connectivity index (χ0n) is 20.5. The molecule has 3 aromatic carbocycles. The Kier molecular flexibility index (Phi) is 7.84. The molecule has 34 heavy (non-hydrogen) atoms. The van der Waals surface area contributed by atoms with Gasteiger partial charge < -0.3 is 15.0 Å². The first kappa shape index (κ1) is 24.2. The van der Waals surface area contributed by atoms with Crippen LogP contribution in [-0.4, -0.2) is 37.1 Å². The molecule has 0 saturated carbocycles. The van der Waals surface area contributed by atoms with E-state index in [0.717, 1.165) is 48.1 Å². The summed E-state index contributed by atoms with van der Waals surface area (Å²) in [6, 6.07) is 30.9. The zero-order chi connectivity index (χ0) is 23.9. The number of rotatable bonds is 11. The van der Waals surface area contributed by atoms with Crippen molar-refractivity contribution < 1.29 is 9.59 Å². The van der Waals surface area contributed by atoms with Crippen LogP contribution in [0.15, 0.2) is 91.0 Å². The maximum Gasteiger partial charge on any atom is 0.0830 e. The Morgan fingerprint density at radius 2 is 1.35 bits per heavy atom. The van der Waals surface area contributed by atoms with E-state index in [4.69, 9.17) is 5.41 Å². The lowest BCUT2D eigenvalue weighted by molar-refractivity contribution is -0.899. The predicted octanol–water partition coefficient (Wildman–Crippen LogP) is 5.58. The number of likely N-dealkylation sites (tertiary alicyclic amines) is 1. The maximum absolute atomic E-state index is 13.2. The van der Waals surface area contributed by atoms with Crippen LogP contribution in [0.2, 0.25) is 0 Å². The van der Waals surface area contributed by atoms with Crippen molar-refractivity contribution in [3.05, 3.63) is 108 Å². The smallest absolute Gasteiger partial charge is 0.0830 e. The minimum Gasteiger partial charge on any atom is -0.861 e. The van der Waals surface area contributed by atoms with Gasteiger partial charge in [0.15, 0.2) is 0 Å². The van der Waals surface area contributed by atoms with Gasteiger partial charge in [-0.1, -0.05) is 97.4 Å². The molecule has 2 unspecified atom stereocenters. The summed E-state index contributed by atoms with van der Waals surface area (Å²) in [5.41, 5.74) is 2.46. The van der Waals surface area contributed by atoms with Crippen LogP contribution in [0.25, 0.3) is 0 Å². The highest BCUT2D eigenvalue weighted by molar-refractivity contribution is 5.87. The van der Waals surface area contributed by atoms with Crippen LogP contribution < -0.4 is 5.11 Å². The minimum absolute atomic E-state index is 0.130. The second kappa shape index (κ2) is 11.0. The molecule has 3 aromatic rings. The summed E-state index contributed by atoms with van der Waals surface area (Å²) >= 11 is 0. The first-order valence-electron chi connectivity index (χ1n) is 12.8. The van der Waals surface area contributed by atoms with E-state index in [0.29, 0.717) is 0 Å². The van der Waals surface area contributed by atoms with Crippen LogP contribution in [-0.2, 0) is 11.8 Å². The average molecular weight is 455 g/mol. The Hall–Kier alpha value is -2.91. The molecule has 3 heteroatoms. The van der Waals surface area contributed by atoms with Crippen LogP contribution in [0.1, 0.15) is 48.8 Å². The molecular weight excluding hydrogens is 416 g/mol. The number of nitrogens with one attached hydrogen (secondary N) is 1. The van der Waals surface area contributed by atoms with Crippen molar-refractivity contribution in [2.75, 3.05) is 26.7 Å². The molecule has 0 spiro atoms. The molecule has 1 aliphatic rings. The Morgan fingerprint density at radius 3 is 1.91 bits per heavy atom. The summed E-state index contributed by atoms with van der Waals surface area (Å²) < 4.78 is 0.998. The SMILES string of the molecule is C[N+]1(CCCCCCc2ccccc2)CCC(C(C(=N)[O-])(c2ccccc2)c2ccccc2)C1. The monoisotopic (exact) mass is 454 g/mol. The molecule has 3 nitrogen and oxygen atoms in total. The summed E-state index contributed by atoms with van der Waals surface area (Å²) in [6.45, 7) is 3.16. The quantitative estimate of drug-likeness (QED) is 0.175. The van der Waals surface area contributed by atoms with Gasteiger partial charge in [0.05, 0.1) is 32.1 Å². The Balaban J connectivity index is 1.42. The number of aryl methyl sites for hydroxylation is 1. The van der Waals surface area contributed by atoms with Gasteiger partial charge >= 0.3 is 0 Å². The van der Waals surface area contributed by atoms with Gasteiger partial charge in [-0.3, -0.25) is 0 Å². The molecule has 0 radical (unpaired) electrons. The standard InChI is InChI=1S/C31H38N2O/c1-33(23-14-3-2-7-15-26-16-8-4-9-17-26)24-22-29(25-33)31(30(32)34,27-18-10-5-11-19-27)28-20-12-6-13-21-28/h4-6,8-13,16-21,29H,2-3,7,14-15,22-25H2,1H3,(H-,32,34). The van der Waals surface area contributed by atoms with Gasteiger partial charge in [-0.15, -0.1) is 0 Å². The summed E-state index contributed by atoms with van der Waals surface area (Å²) in [7, 11) is 2.35. The van der Waals surface area contributed by atoms with E-state index in [9.17, 15) is 5.11 Å². The second-order valence-electron chi connectivity index (χ2n) is 10.3. The zero-order valence-corrected chi connectivity index (χ0v) is 20.5. The molecular formula is C31H38N2O. The molecule has 178 valence electrons. The van der Waals surface area contributed by atoms with Gasteiger partial charge in [-0.2, -0.15) is 0 Å². The first-order valence-corrected chi connectivity index (χ1v) is 12.8. The maximum atomic E-state index is 13.2. The van der Waals surface area contributed by atoms with Gasteiger partial charge in [0.2, 0.25) is 0 Å². The van der Waals surface area contributed by atoms with E-state index >= 15 is 0 Å². The number of hydrogen-bond acceptors (Lipinski definition) is 2.